The molecule has 0 bridgehead atoms. The standard InChI is InChI=1S/C16H16N4O/c1-10-6-8-17-13(10)16-19-15(20-21-16)14-12-5-3-2-4-11(12)7-9-18-14/h2-5,7,9-10,13,17H,6,8H2,1H3. The van der Waals surface area contributed by atoms with Gasteiger partial charge >= 0.3 is 0 Å². The van der Waals surface area contributed by atoms with Gasteiger partial charge in [0.25, 0.3) is 0 Å². The van der Waals surface area contributed by atoms with Crippen LogP contribution in [0.25, 0.3) is 22.3 Å². The van der Waals surface area contributed by atoms with E-state index in [0.29, 0.717) is 17.6 Å². The number of fused-ring (bicyclic) bond motifs is 1. The summed E-state index contributed by atoms with van der Waals surface area (Å²) in [5.74, 6) is 1.73. The maximum atomic E-state index is 5.46. The lowest BCUT2D eigenvalue weighted by Gasteiger charge is -2.09. The zero-order valence-corrected chi connectivity index (χ0v) is 11.8. The Morgan fingerprint density at radius 2 is 2.14 bits per heavy atom. The van der Waals surface area contributed by atoms with E-state index in [1.165, 1.54) is 0 Å². The van der Waals surface area contributed by atoms with Crippen LogP contribution in [0.3, 0.4) is 0 Å². The van der Waals surface area contributed by atoms with Gasteiger partial charge in [-0.3, -0.25) is 4.98 Å². The first-order valence-corrected chi connectivity index (χ1v) is 7.24. The van der Waals surface area contributed by atoms with Crippen LogP contribution in [-0.2, 0) is 0 Å². The summed E-state index contributed by atoms with van der Waals surface area (Å²) in [6.07, 6.45) is 2.92. The van der Waals surface area contributed by atoms with Crippen LogP contribution in [0.15, 0.2) is 41.1 Å². The number of hydrogen-bond donors (Lipinski definition) is 1. The zero-order valence-electron chi connectivity index (χ0n) is 11.8. The van der Waals surface area contributed by atoms with Crippen LogP contribution in [0, 0.1) is 5.92 Å². The van der Waals surface area contributed by atoms with Crippen molar-refractivity contribution in [3.63, 3.8) is 0 Å². The molecule has 1 aliphatic heterocycles. The quantitative estimate of drug-likeness (QED) is 0.782. The van der Waals surface area contributed by atoms with Crippen molar-refractivity contribution in [1.29, 1.82) is 0 Å². The lowest BCUT2D eigenvalue weighted by Crippen LogP contribution is -2.16. The van der Waals surface area contributed by atoms with Crippen molar-refractivity contribution in [3.8, 4) is 11.5 Å². The summed E-state index contributed by atoms with van der Waals surface area (Å²) < 4.78 is 5.46. The Morgan fingerprint density at radius 3 is 3.00 bits per heavy atom. The van der Waals surface area contributed by atoms with Gasteiger partial charge in [0.15, 0.2) is 0 Å². The van der Waals surface area contributed by atoms with Crippen LogP contribution < -0.4 is 5.32 Å². The molecule has 1 aliphatic rings. The van der Waals surface area contributed by atoms with Gasteiger partial charge in [-0.05, 0) is 30.3 Å². The summed E-state index contributed by atoms with van der Waals surface area (Å²) in [5.41, 5.74) is 0.772. The highest BCUT2D eigenvalue weighted by Gasteiger charge is 2.29. The van der Waals surface area contributed by atoms with Gasteiger partial charge in [-0.2, -0.15) is 4.98 Å². The summed E-state index contributed by atoms with van der Waals surface area (Å²) in [7, 11) is 0. The van der Waals surface area contributed by atoms with Crippen molar-refractivity contribution in [3.05, 3.63) is 42.4 Å². The number of nitrogens with zero attached hydrogens (tertiary/aromatic N) is 3. The van der Waals surface area contributed by atoms with E-state index in [0.717, 1.165) is 29.4 Å². The van der Waals surface area contributed by atoms with Crippen molar-refractivity contribution >= 4 is 10.8 Å². The smallest absolute Gasteiger partial charge is 0.244 e. The average Bonchev–Trinajstić information content (AvgIpc) is 3.15. The Morgan fingerprint density at radius 1 is 1.24 bits per heavy atom. The minimum absolute atomic E-state index is 0.154. The van der Waals surface area contributed by atoms with Crippen molar-refractivity contribution < 1.29 is 4.52 Å². The van der Waals surface area contributed by atoms with Crippen LogP contribution in [0.2, 0.25) is 0 Å². The van der Waals surface area contributed by atoms with Gasteiger partial charge in [-0.25, -0.2) is 0 Å². The van der Waals surface area contributed by atoms with Crippen molar-refractivity contribution in [2.45, 2.75) is 19.4 Å². The van der Waals surface area contributed by atoms with E-state index in [9.17, 15) is 0 Å². The SMILES string of the molecule is CC1CCNC1c1nc(-c2nccc3ccccc23)no1. The summed E-state index contributed by atoms with van der Waals surface area (Å²) >= 11 is 0. The molecule has 0 spiro atoms. The normalized spacial score (nSPS) is 22.0. The zero-order chi connectivity index (χ0) is 14.2. The van der Waals surface area contributed by atoms with E-state index in [-0.39, 0.29) is 6.04 Å². The third kappa shape index (κ3) is 2.10. The molecule has 1 fully saturated rings. The lowest BCUT2D eigenvalue weighted by atomic mass is 10.0. The summed E-state index contributed by atoms with van der Waals surface area (Å²) in [5, 5.41) is 9.70. The van der Waals surface area contributed by atoms with E-state index in [2.05, 4.69) is 33.4 Å². The molecule has 1 saturated heterocycles. The Hall–Kier alpha value is -2.27. The monoisotopic (exact) mass is 280 g/mol. The molecule has 3 aromatic rings. The molecular formula is C16H16N4O. The Balaban J connectivity index is 1.78. The van der Waals surface area contributed by atoms with Crippen LogP contribution in [0.4, 0.5) is 0 Å². The van der Waals surface area contributed by atoms with Gasteiger partial charge in [0.2, 0.25) is 11.7 Å². The molecule has 0 amide bonds. The first-order valence-electron chi connectivity index (χ1n) is 7.24. The Bertz CT molecular complexity index is 777. The number of aromatic nitrogens is 3. The number of pyridine rings is 1. The predicted octanol–water partition coefficient (Wildman–Crippen LogP) is 2.96. The fourth-order valence-electron chi connectivity index (χ4n) is 2.92. The van der Waals surface area contributed by atoms with Crippen LogP contribution in [0.5, 0.6) is 0 Å². The van der Waals surface area contributed by atoms with E-state index < -0.39 is 0 Å². The van der Waals surface area contributed by atoms with Gasteiger partial charge in [0.05, 0.1) is 6.04 Å². The second-order valence-corrected chi connectivity index (χ2v) is 5.53. The molecule has 4 rings (SSSR count). The van der Waals surface area contributed by atoms with Crippen LogP contribution in [0.1, 0.15) is 25.3 Å². The first-order chi connectivity index (χ1) is 10.3. The molecule has 106 valence electrons. The van der Waals surface area contributed by atoms with Gasteiger partial charge in [0, 0.05) is 11.6 Å². The minimum atomic E-state index is 0.154. The van der Waals surface area contributed by atoms with E-state index in [1.54, 1.807) is 6.20 Å². The van der Waals surface area contributed by atoms with E-state index in [1.807, 2.05) is 24.3 Å². The van der Waals surface area contributed by atoms with Crippen molar-refractivity contribution in [2.24, 2.45) is 5.92 Å². The molecule has 1 aromatic carbocycles. The van der Waals surface area contributed by atoms with Gasteiger partial charge in [-0.15, -0.1) is 0 Å². The highest BCUT2D eigenvalue weighted by molar-refractivity contribution is 5.92. The van der Waals surface area contributed by atoms with Crippen molar-refractivity contribution in [1.82, 2.24) is 20.4 Å². The molecule has 21 heavy (non-hydrogen) atoms. The van der Waals surface area contributed by atoms with E-state index in [4.69, 9.17) is 4.52 Å². The molecule has 0 saturated carbocycles. The molecule has 1 N–H and O–H groups in total. The molecule has 5 heteroatoms. The predicted molar refractivity (Wildman–Crippen MR) is 79.6 cm³/mol. The molecule has 0 radical (unpaired) electrons. The van der Waals surface area contributed by atoms with Gasteiger partial charge in [-0.1, -0.05) is 36.3 Å². The lowest BCUT2D eigenvalue weighted by molar-refractivity contribution is 0.319. The Kier molecular flexibility index (Phi) is 2.93. The second-order valence-electron chi connectivity index (χ2n) is 5.53. The maximum absolute atomic E-state index is 5.46. The van der Waals surface area contributed by atoms with Crippen LogP contribution in [-0.4, -0.2) is 21.7 Å². The second kappa shape index (κ2) is 4.93. The molecule has 2 atom stereocenters. The highest BCUT2D eigenvalue weighted by atomic mass is 16.5. The number of hydrogen-bond acceptors (Lipinski definition) is 5. The summed E-state index contributed by atoms with van der Waals surface area (Å²) in [6.45, 7) is 3.20. The van der Waals surface area contributed by atoms with E-state index >= 15 is 0 Å². The number of nitrogens with one attached hydrogen (secondary N) is 1. The highest BCUT2D eigenvalue weighted by Crippen LogP contribution is 2.30. The third-order valence-corrected chi connectivity index (χ3v) is 4.13. The van der Waals surface area contributed by atoms with Gasteiger partial charge < -0.3 is 9.84 Å². The summed E-state index contributed by atoms with van der Waals surface area (Å²) in [4.78, 5) is 8.99. The topological polar surface area (TPSA) is 63.8 Å². The fourth-order valence-corrected chi connectivity index (χ4v) is 2.92. The molecule has 5 nitrogen and oxygen atoms in total. The largest absolute Gasteiger partial charge is 0.337 e. The number of rotatable bonds is 2. The molecule has 2 unspecified atom stereocenters. The van der Waals surface area contributed by atoms with Gasteiger partial charge in [0.1, 0.15) is 5.69 Å². The number of benzene rings is 1. The average molecular weight is 280 g/mol. The summed E-state index contributed by atoms with van der Waals surface area (Å²) in [6, 6.07) is 10.2. The Labute approximate surface area is 122 Å². The van der Waals surface area contributed by atoms with Crippen LogP contribution >= 0.6 is 0 Å². The maximum Gasteiger partial charge on any atom is 0.244 e. The van der Waals surface area contributed by atoms with Crippen molar-refractivity contribution in [2.75, 3.05) is 6.54 Å². The minimum Gasteiger partial charge on any atom is -0.337 e. The fraction of sp³-hybridized carbons (Fsp3) is 0.312. The molecule has 0 aliphatic carbocycles. The first kappa shape index (κ1) is 12.5. The molecular weight excluding hydrogens is 264 g/mol. The third-order valence-electron chi connectivity index (χ3n) is 4.13. The molecule has 3 heterocycles. The molecule has 2 aromatic heterocycles.